The van der Waals surface area contributed by atoms with Crippen molar-refractivity contribution in [2.45, 2.75) is 25.4 Å². The third kappa shape index (κ3) is 3.64. The molecule has 0 radical (unpaired) electrons. The first-order valence-corrected chi connectivity index (χ1v) is 9.90. The van der Waals surface area contributed by atoms with Crippen molar-refractivity contribution in [3.63, 3.8) is 0 Å². The van der Waals surface area contributed by atoms with E-state index < -0.39 is 0 Å². The van der Waals surface area contributed by atoms with E-state index in [2.05, 4.69) is 10.3 Å². The Balaban J connectivity index is 1.49. The van der Waals surface area contributed by atoms with Crippen LogP contribution in [0.25, 0.3) is 0 Å². The first-order chi connectivity index (χ1) is 13.6. The molecule has 2 aromatic rings. The Kier molecular flexibility index (Phi) is 5.39. The fourth-order valence-corrected chi connectivity index (χ4v) is 4.26. The summed E-state index contributed by atoms with van der Waals surface area (Å²) in [5, 5.41) is 3.37. The Morgan fingerprint density at radius 1 is 1.21 bits per heavy atom. The minimum Gasteiger partial charge on any atom is -0.335 e. The first kappa shape index (κ1) is 18.6. The van der Waals surface area contributed by atoms with E-state index in [1.807, 2.05) is 65.4 Å². The maximum Gasteiger partial charge on any atom is 0.228 e. The van der Waals surface area contributed by atoms with Crippen molar-refractivity contribution in [1.82, 2.24) is 20.1 Å². The number of hydrogen-bond donors (Lipinski definition) is 1. The van der Waals surface area contributed by atoms with Gasteiger partial charge in [0.1, 0.15) is 0 Å². The minimum atomic E-state index is -0.282. The highest BCUT2D eigenvalue weighted by atomic mass is 16.2. The van der Waals surface area contributed by atoms with E-state index in [0.29, 0.717) is 26.1 Å². The predicted octanol–water partition coefficient (Wildman–Crippen LogP) is 2.16. The van der Waals surface area contributed by atoms with Crippen LogP contribution < -0.4 is 5.32 Å². The highest BCUT2D eigenvalue weighted by molar-refractivity contribution is 5.89. The van der Waals surface area contributed by atoms with Crippen LogP contribution in [0.1, 0.15) is 36.6 Å². The molecular weight excluding hydrogens is 352 g/mol. The van der Waals surface area contributed by atoms with Gasteiger partial charge in [-0.2, -0.15) is 0 Å². The van der Waals surface area contributed by atoms with Crippen LogP contribution >= 0.6 is 0 Å². The van der Waals surface area contributed by atoms with Crippen LogP contribution in [0.3, 0.4) is 0 Å². The van der Waals surface area contributed by atoms with E-state index in [4.69, 9.17) is 0 Å². The largest absolute Gasteiger partial charge is 0.335 e. The lowest BCUT2D eigenvalue weighted by Crippen LogP contribution is -2.50. The summed E-state index contributed by atoms with van der Waals surface area (Å²) >= 11 is 0. The third-order valence-electron chi connectivity index (χ3n) is 5.85. The van der Waals surface area contributed by atoms with Crippen LogP contribution in [-0.4, -0.2) is 52.8 Å². The fourth-order valence-electron chi connectivity index (χ4n) is 4.26. The molecule has 1 aromatic heterocycles. The van der Waals surface area contributed by atoms with E-state index >= 15 is 0 Å². The molecule has 2 aliphatic rings. The van der Waals surface area contributed by atoms with Gasteiger partial charge in [0, 0.05) is 45.0 Å². The van der Waals surface area contributed by atoms with Gasteiger partial charge in [0.05, 0.1) is 18.0 Å². The first-order valence-electron chi connectivity index (χ1n) is 9.90. The molecule has 2 amide bonds. The van der Waals surface area contributed by atoms with Gasteiger partial charge >= 0.3 is 0 Å². The predicted molar refractivity (Wildman–Crippen MR) is 106 cm³/mol. The van der Waals surface area contributed by atoms with Crippen LogP contribution in [0.15, 0.2) is 54.9 Å². The molecule has 4 rings (SSSR count). The number of hydrogen-bond acceptors (Lipinski definition) is 4. The molecule has 2 fully saturated rings. The molecule has 1 aromatic carbocycles. The number of likely N-dealkylation sites (tertiary alicyclic amines) is 1. The Bertz CT molecular complexity index is 827. The minimum absolute atomic E-state index is 0.0244. The van der Waals surface area contributed by atoms with E-state index in [1.165, 1.54) is 0 Å². The molecule has 6 heteroatoms. The number of nitrogens with one attached hydrogen (secondary N) is 1. The maximum atomic E-state index is 13.3. The molecule has 0 bridgehead atoms. The second-order valence-corrected chi connectivity index (χ2v) is 7.57. The Labute approximate surface area is 165 Å². The van der Waals surface area contributed by atoms with E-state index in [9.17, 15) is 9.59 Å². The van der Waals surface area contributed by atoms with Crippen LogP contribution in [-0.2, 0) is 9.59 Å². The van der Waals surface area contributed by atoms with Crippen molar-refractivity contribution in [3.05, 3.63) is 66.0 Å². The van der Waals surface area contributed by atoms with Gasteiger partial charge in [-0.1, -0.05) is 36.4 Å². The number of rotatable bonds is 4. The molecule has 2 aliphatic heterocycles. The van der Waals surface area contributed by atoms with Crippen LogP contribution in [0.4, 0.5) is 0 Å². The molecule has 0 aliphatic carbocycles. The number of piperazine rings is 1. The molecule has 0 spiro atoms. The van der Waals surface area contributed by atoms with Gasteiger partial charge < -0.3 is 15.1 Å². The summed E-state index contributed by atoms with van der Waals surface area (Å²) in [5.41, 5.74) is 2.13. The highest BCUT2D eigenvalue weighted by Crippen LogP contribution is 2.31. The number of carbonyl (C=O) groups is 2. The molecule has 28 heavy (non-hydrogen) atoms. The molecule has 3 heterocycles. The van der Waals surface area contributed by atoms with Crippen molar-refractivity contribution in [1.29, 1.82) is 0 Å². The lowest BCUT2D eigenvalue weighted by molar-refractivity contribution is -0.139. The van der Waals surface area contributed by atoms with Crippen molar-refractivity contribution in [3.8, 4) is 0 Å². The summed E-state index contributed by atoms with van der Waals surface area (Å²) in [6.07, 6.45) is 3.85. The summed E-state index contributed by atoms with van der Waals surface area (Å²) in [5.74, 6) is -0.148. The van der Waals surface area contributed by atoms with Gasteiger partial charge in [-0.15, -0.1) is 0 Å². The van der Waals surface area contributed by atoms with Gasteiger partial charge in [-0.3, -0.25) is 14.6 Å². The summed E-state index contributed by atoms with van der Waals surface area (Å²) in [6.45, 7) is 4.65. The lowest BCUT2D eigenvalue weighted by atomic mass is 10.0. The third-order valence-corrected chi connectivity index (χ3v) is 5.85. The van der Waals surface area contributed by atoms with Crippen molar-refractivity contribution >= 4 is 11.8 Å². The number of benzene rings is 1. The number of aromatic nitrogens is 1. The van der Waals surface area contributed by atoms with Gasteiger partial charge in [-0.25, -0.2) is 0 Å². The Morgan fingerprint density at radius 3 is 2.79 bits per heavy atom. The number of carbonyl (C=O) groups excluding carboxylic acids is 2. The number of amides is 2. The average Bonchev–Trinajstić information content (AvgIpc) is 3.15. The Hall–Kier alpha value is -2.73. The van der Waals surface area contributed by atoms with Crippen molar-refractivity contribution < 1.29 is 9.59 Å². The normalized spacial score (nSPS) is 23.7. The second-order valence-electron chi connectivity index (χ2n) is 7.57. The summed E-state index contributed by atoms with van der Waals surface area (Å²) < 4.78 is 0. The summed E-state index contributed by atoms with van der Waals surface area (Å²) in [7, 11) is 0. The van der Waals surface area contributed by atoms with Crippen molar-refractivity contribution in [2.24, 2.45) is 5.92 Å². The smallest absolute Gasteiger partial charge is 0.228 e. The van der Waals surface area contributed by atoms with Crippen LogP contribution in [0.2, 0.25) is 0 Å². The SMILES string of the molecule is CC(c1ccccc1)N1CC(C(=O)N2CCNCC2c2cccnc2)CC1=O. The molecule has 3 unspecified atom stereocenters. The van der Waals surface area contributed by atoms with Gasteiger partial charge in [-0.05, 0) is 24.1 Å². The topological polar surface area (TPSA) is 65.5 Å². The zero-order chi connectivity index (χ0) is 19.5. The number of nitrogens with zero attached hydrogens (tertiary/aromatic N) is 3. The van der Waals surface area contributed by atoms with Crippen molar-refractivity contribution in [2.75, 3.05) is 26.2 Å². The van der Waals surface area contributed by atoms with Gasteiger partial charge in [0.25, 0.3) is 0 Å². The quantitative estimate of drug-likeness (QED) is 0.886. The molecule has 0 saturated carbocycles. The molecule has 2 saturated heterocycles. The molecular formula is C22H26N4O2. The van der Waals surface area contributed by atoms with Crippen LogP contribution in [0.5, 0.6) is 0 Å². The fraction of sp³-hybridized carbons (Fsp3) is 0.409. The zero-order valence-corrected chi connectivity index (χ0v) is 16.1. The highest BCUT2D eigenvalue weighted by Gasteiger charge is 2.41. The zero-order valence-electron chi connectivity index (χ0n) is 16.1. The Morgan fingerprint density at radius 2 is 2.04 bits per heavy atom. The lowest BCUT2D eigenvalue weighted by Gasteiger charge is -2.38. The average molecular weight is 378 g/mol. The monoisotopic (exact) mass is 378 g/mol. The number of pyridine rings is 1. The molecule has 1 N–H and O–H groups in total. The van der Waals surface area contributed by atoms with E-state index in [1.54, 1.807) is 6.20 Å². The van der Waals surface area contributed by atoms with E-state index in [-0.39, 0.29) is 29.8 Å². The second kappa shape index (κ2) is 8.10. The van der Waals surface area contributed by atoms with Crippen LogP contribution in [0, 0.1) is 5.92 Å². The maximum absolute atomic E-state index is 13.3. The standard InChI is InChI=1S/C22H26N4O2/c1-16(17-6-3-2-4-7-17)26-15-19(12-21(26)27)22(28)25-11-10-24-14-20(25)18-8-5-9-23-13-18/h2-9,13,16,19-20,24H,10-12,14-15H2,1H3. The van der Waals surface area contributed by atoms with E-state index in [0.717, 1.165) is 17.7 Å². The van der Waals surface area contributed by atoms with Gasteiger partial charge in [0.15, 0.2) is 0 Å². The summed E-state index contributed by atoms with van der Waals surface area (Å²) in [4.78, 5) is 34.0. The molecule has 146 valence electrons. The van der Waals surface area contributed by atoms with Gasteiger partial charge in [0.2, 0.25) is 11.8 Å². The molecule has 6 nitrogen and oxygen atoms in total. The summed E-state index contributed by atoms with van der Waals surface area (Å²) in [6, 6.07) is 13.8. The molecule has 3 atom stereocenters.